The molecule has 1 aliphatic heterocycles. The van der Waals surface area contributed by atoms with E-state index in [4.69, 9.17) is 11.6 Å². The van der Waals surface area contributed by atoms with Crippen molar-refractivity contribution in [1.29, 1.82) is 0 Å². The number of carbonyl (C=O) groups excluding carboxylic acids is 1. The van der Waals surface area contributed by atoms with Crippen LogP contribution in [0.1, 0.15) is 23.2 Å². The van der Waals surface area contributed by atoms with Crippen molar-refractivity contribution in [3.8, 4) is 0 Å². The zero-order chi connectivity index (χ0) is 12.5. The van der Waals surface area contributed by atoms with E-state index >= 15 is 0 Å². The van der Waals surface area contributed by atoms with Crippen molar-refractivity contribution in [2.75, 3.05) is 13.1 Å². The number of aromatic amines is 1. The fraction of sp³-hybridized carbons (Fsp3) is 0.357. The lowest BCUT2D eigenvalue weighted by Gasteiger charge is -2.21. The van der Waals surface area contributed by atoms with E-state index in [0.717, 1.165) is 42.4 Å². The lowest BCUT2D eigenvalue weighted by molar-refractivity contribution is 0.0901. The van der Waals surface area contributed by atoms with E-state index in [9.17, 15) is 4.79 Å². The number of nitrogens with one attached hydrogen (secondary N) is 2. The number of halogens is 1. The number of piperidine rings is 1. The maximum absolute atomic E-state index is 12.5. The van der Waals surface area contributed by atoms with Crippen molar-refractivity contribution in [2.45, 2.75) is 12.8 Å². The number of Topliss-reactive ketones (excluding diaryl/α,β-unsaturated/α-hetero) is 1. The summed E-state index contributed by atoms with van der Waals surface area (Å²) in [4.78, 5) is 15.6. The summed E-state index contributed by atoms with van der Waals surface area (Å²) in [6.07, 6.45) is 3.84. The molecule has 1 saturated heterocycles. The number of rotatable bonds is 2. The molecule has 1 atom stereocenters. The summed E-state index contributed by atoms with van der Waals surface area (Å²) in [7, 11) is 0. The maximum Gasteiger partial charge on any atom is 0.169 e. The molecule has 2 heterocycles. The molecule has 2 N–H and O–H groups in total. The molecule has 1 unspecified atom stereocenters. The number of hydrogen-bond acceptors (Lipinski definition) is 2. The summed E-state index contributed by atoms with van der Waals surface area (Å²) in [6.45, 7) is 1.80. The van der Waals surface area contributed by atoms with Gasteiger partial charge in [0.05, 0.1) is 0 Å². The average molecular weight is 263 g/mol. The van der Waals surface area contributed by atoms with Crippen molar-refractivity contribution in [2.24, 2.45) is 5.92 Å². The Hall–Kier alpha value is -1.32. The Labute approximate surface area is 111 Å². The quantitative estimate of drug-likeness (QED) is 0.818. The molecule has 94 valence electrons. The predicted molar refractivity (Wildman–Crippen MR) is 73.2 cm³/mol. The summed E-state index contributed by atoms with van der Waals surface area (Å²) in [5.74, 6) is 0.312. The minimum atomic E-state index is 0.0942. The highest BCUT2D eigenvalue weighted by Crippen LogP contribution is 2.26. The number of hydrogen-bond donors (Lipinski definition) is 2. The van der Waals surface area contributed by atoms with Crippen molar-refractivity contribution in [3.05, 3.63) is 35.0 Å². The van der Waals surface area contributed by atoms with Gasteiger partial charge >= 0.3 is 0 Å². The largest absolute Gasteiger partial charge is 0.360 e. The fourth-order valence-corrected chi connectivity index (χ4v) is 2.76. The molecule has 0 saturated carbocycles. The first kappa shape index (κ1) is 11.8. The van der Waals surface area contributed by atoms with E-state index in [-0.39, 0.29) is 11.7 Å². The molecule has 2 aromatic rings. The third-order valence-corrected chi connectivity index (χ3v) is 3.81. The van der Waals surface area contributed by atoms with Crippen LogP contribution in [0, 0.1) is 5.92 Å². The molecule has 0 spiro atoms. The number of carbonyl (C=O) groups is 1. The van der Waals surface area contributed by atoms with Gasteiger partial charge in [-0.2, -0.15) is 0 Å². The van der Waals surface area contributed by atoms with Crippen molar-refractivity contribution >= 4 is 28.3 Å². The Kier molecular flexibility index (Phi) is 3.10. The van der Waals surface area contributed by atoms with Crippen molar-refractivity contribution in [3.63, 3.8) is 0 Å². The van der Waals surface area contributed by atoms with Crippen LogP contribution in [0.25, 0.3) is 10.9 Å². The van der Waals surface area contributed by atoms with Crippen LogP contribution in [-0.4, -0.2) is 23.9 Å². The fourth-order valence-electron chi connectivity index (χ4n) is 2.59. The van der Waals surface area contributed by atoms with Crippen molar-refractivity contribution < 1.29 is 4.79 Å². The Morgan fingerprint density at radius 2 is 2.28 bits per heavy atom. The summed E-state index contributed by atoms with van der Waals surface area (Å²) >= 11 is 6.00. The SMILES string of the molecule is O=C(c1c[nH]c2ccc(Cl)cc12)C1CCCNC1. The van der Waals surface area contributed by atoms with Gasteiger partial charge in [0.25, 0.3) is 0 Å². The second-order valence-corrected chi connectivity index (χ2v) is 5.24. The van der Waals surface area contributed by atoms with Gasteiger partial charge in [-0.05, 0) is 37.6 Å². The molecule has 3 nitrogen and oxygen atoms in total. The third kappa shape index (κ3) is 2.04. The summed E-state index contributed by atoms with van der Waals surface area (Å²) in [5.41, 5.74) is 1.73. The van der Waals surface area contributed by atoms with E-state index in [1.165, 1.54) is 0 Å². The number of aromatic nitrogens is 1. The van der Waals surface area contributed by atoms with E-state index in [0.29, 0.717) is 5.02 Å². The molecule has 0 radical (unpaired) electrons. The molecule has 3 rings (SSSR count). The lowest BCUT2D eigenvalue weighted by atomic mass is 9.91. The summed E-state index contributed by atoms with van der Waals surface area (Å²) < 4.78 is 0. The average Bonchev–Trinajstić information content (AvgIpc) is 2.82. The summed E-state index contributed by atoms with van der Waals surface area (Å²) in [5, 5.41) is 4.87. The first-order valence-electron chi connectivity index (χ1n) is 6.27. The number of H-pyrrole nitrogens is 1. The van der Waals surface area contributed by atoms with Gasteiger partial charge in [-0.25, -0.2) is 0 Å². The first-order chi connectivity index (χ1) is 8.75. The third-order valence-electron chi connectivity index (χ3n) is 3.58. The minimum absolute atomic E-state index is 0.0942. The predicted octanol–water partition coefficient (Wildman–Crippen LogP) is 3.00. The maximum atomic E-state index is 12.5. The van der Waals surface area contributed by atoms with E-state index in [1.807, 2.05) is 18.2 Å². The number of benzene rings is 1. The van der Waals surface area contributed by atoms with Crippen LogP contribution in [0.3, 0.4) is 0 Å². The monoisotopic (exact) mass is 262 g/mol. The van der Waals surface area contributed by atoms with E-state index in [1.54, 1.807) is 6.20 Å². The van der Waals surface area contributed by atoms with Crippen molar-refractivity contribution in [1.82, 2.24) is 10.3 Å². The zero-order valence-electron chi connectivity index (χ0n) is 10.0. The normalized spacial score (nSPS) is 20.2. The van der Waals surface area contributed by atoms with Crippen LogP contribution < -0.4 is 5.32 Å². The van der Waals surface area contributed by atoms with Crippen LogP contribution in [-0.2, 0) is 0 Å². The van der Waals surface area contributed by atoms with Gasteiger partial charge in [-0.3, -0.25) is 4.79 Å². The minimum Gasteiger partial charge on any atom is -0.360 e. The molecule has 1 aromatic carbocycles. The summed E-state index contributed by atoms with van der Waals surface area (Å²) in [6, 6.07) is 5.60. The molecular weight excluding hydrogens is 248 g/mol. The van der Waals surface area contributed by atoms with Gasteiger partial charge in [-0.1, -0.05) is 11.6 Å². The van der Waals surface area contributed by atoms with E-state index in [2.05, 4.69) is 10.3 Å². The zero-order valence-corrected chi connectivity index (χ0v) is 10.8. The molecular formula is C14H15ClN2O. The highest BCUT2D eigenvalue weighted by Gasteiger charge is 2.24. The molecule has 4 heteroatoms. The van der Waals surface area contributed by atoms with E-state index < -0.39 is 0 Å². The van der Waals surface area contributed by atoms with Gasteiger partial charge in [-0.15, -0.1) is 0 Å². The van der Waals surface area contributed by atoms with Gasteiger partial charge in [0.15, 0.2) is 5.78 Å². The van der Waals surface area contributed by atoms with Crippen LogP contribution >= 0.6 is 11.6 Å². The molecule has 1 aromatic heterocycles. The van der Waals surface area contributed by atoms with Crippen LogP contribution in [0.5, 0.6) is 0 Å². The highest BCUT2D eigenvalue weighted by atomic mass is 35.5. The lowest BCUT2D eigenvalue weighted by Crippen LogP contribution is -2.34. The molecule has 18 heavy (non-hydrogen) atoms. The van der Waals surface area contributed by atoms with Gasteiger partial charge in [0, 0.05) is 40.1 Å². The Morgan fingerprint density at radius 1 is 1.39 bits per heavy atom. The number of ketones is 1. The standard InChI is InChI=1S/C14H15ClN2O/c15-10-3-4-13-11(6-10)12(8-17-13)14(18)9-2-1-5-16-7-9/h3-4,6,8-9,16-17H,1-2,5,7H2. The Bertz CT molecular complexity index is 584. The Morgan fingerprint density at radius 3 is 3.06 bits per heavy atom. The highest BCUT2D eigenvalue weighted by molar-refractivity contribution is 6.31. The van der Waals surface area contributed by atoms with Gasteiger partial charge in [0.1, 0.15) is 0 Å². The van der Waals surface area contributed by atoms with Gasteiger partial charge in [0.2, 0.25) is 0 Å². The molecule has 1 fully saturated rings. The molecule has 1 aliphatic rings. The molecule has 0 amide bonds. The van der Waals surface area contributed by atoms with Crippen LogP contribution in [0.15, 0.2) is 24.4 Å². The van der Waals surface area contributed by atoms with Gasteiger partial charge < -0.3 is 10.3 Å². The molecule has 0 bridgehead atoms. The number of fused-ring (bicyclic) bond motifs is 1. The second kappa shape index (κ2) is 4.75. The second-order valence-electron chi connectivity index (χ2n) is 4.80. The first-order valence-corrected chi connectivity index (χ1v) is 6.65. The topological polar surface area (TPSA) is 44.9 Å². The van der Waals surface area contributed by atoms with Crippen LogP contribution in [0.2, 0.25) is 5.02 Å². The van der Waals surface area contributed by atoms with Crippen LogP contribution in [0.4, 0.5) is 0 Å². The Balaban J connectivity index is 1.98. The smallest absolute Gasteiger partial charge is 0.169 e. The molecule has 0 aliphatic carbocycles.